The number of fused-ring (bicyclic) bond motifs is 1. The Balaban J connectivity index is 1.68. The molecule has 0 saturated heterocycles. The van der Waals surface area contributed by atoms with Crippen molar-refractivity contribution in [3.8, 4) is 0 Å². The van der Waals surface area contributed by atoms with Crippen molar-refractivity contribution in [2.45, 2.75) is 19.9 Å². The van der Waals surface area contributed by atoms with Crippen LogP contribution in [-0.4, -0.2) is 44.8 Å². The number of anilines is 1. The maximum absolute atomic E-state index is 12.1. The quantitative estimate of drug-likeness (QED) is 0.921. The van der Waals surface area contributed by atoms with Gasteiger partial charge in [0.25, 0.3) is 5.91 Å². The first kappa shape index (κ1) is 15.5. The predicted octanol–water partition coefficient (Wildman–Crippen LogP) is 1.64. The fourth-order valence-corrected chi connectivity index (χ4v) is 3.34. The number of amides is 2. The summed E-state index contributed by atoms with van der Waals surface area (Å²) >= 11 is 1.38. The number of hydrogen-bond donors (Lipinski definition) is 1. The molecule has 9 heteroatoms. The molecule has 0 spiro atoms. The number of nitrogens with one attached hydrogen (secondary N) is 1. The van der Waals surface area contributed by atoms with Gasteiger partial charge in [-0.2, -0.15) is 5.10 Å². The molecule has 122 valence electrons. The summed E-state index contributed by atoms with van der Waals surface area (Å²) in [4.78, 5) is 30.9. The molecule has 1 aliphatic rings. The van der Waals surface area contributed by atoms with Crippen LogP contribution in [-0.2, 0) is 24.8 Å². The zero-order valence-electron chi connectivity index (χ0n) is 12.9. The Bertz CT molecular complexity index is 739. The third-order valence-corrected chi connectivity index (χ3v) is 4.42. The van der Waals surface area contributed by atoms with E-state index in [-0.39, 0.29) is 12.0 Å². The van der Waals surface area contributed by atoms with E-state index in [2.05, 4.69) is 15.4 Å². The van der Waals surface area contributed by atoms with Crippen molar-refractivity contribution in [1.82, 2.24) is 19.7 Å². The zero-order valence-corrected chi connectivity index (χ0v) is 13.7. The summed E-state index contributed by atoms with van der Waals surface area (Å²) in [6, 6.07) is 1.64. The number of hydrogen-bond acceptors (Lipinski definition) is 6. The lowest BCUT2D eigenvalue weighted by Gasteiger charge is -2.24. The summed E-state index contributed by atoms with van der Waals surface area (Å²) in [5.41, 5.74) is 1.26. The van der Waals surface area contributed by atoms with Gasteiger partial charge in [-0.15, -0.1) is 0 Å². The van der Waals surface area contributed by atoms with Crippen molar-refractivity contribution in [3.63, 3.8) is 0 Å². The summed E-state index contributed by atoms with van der Waals surface area (Å²) in [5, 5.41) is 7.34. The molecule has 8 nitrogen and oxygen atoms in total. The van der Waals surface area contributed by atoms with E-state index in [0.29, 0.717) is 36.9 Å². The molecule has 0 aliphatic carbocycles. The molecule has 0 unspecified atom stereocenters. The summed E-state index contributed by atoms with van der Waals surface area (Å²) in [7, 11) is 1.75. The van der Waals surface area contributed by atoms with Crippen molar-refractivity contribution in [2.75, 3.05) is 18.5 Å². The third kappa shape index (κ3) is 3.34. The first-order valence-corrected chi connectivity index (χ1v) is 8.09. The summed E-state index contributed by atoms with van der Waals surface area (Å²) in [6.07, 6.45) is 2.05. The average molecular weight is 335 g/mol. The molecule has 2 aromatic rings. The van der Waals surface area contributed by atoms with Crippen LogP contribution in [0.15, 0.2) is 12.3 Å². The van der Waals surface area contributed by atoms with E-state index in [4.69, 9.17) is 4.74 Å². The van der Waals surface area contributed by atoms with Gasteiger partial charge in [0, 0.05) is 31.1 Å². The van der Waals surface area contributed by atoms with Crippen LogP contribution in [0.1, 0.15) is 28.0 Å². The van der Waals surface area contributed by atoms with E-state index >= 15 is 0 Å². The van der Waals surface area contributed by atoms with Crippen LogP contribution < -0.4 is 5.32 Å². The number of carbonyl (C=O) groups excluding carboxylic acids is 2. The minimum Gasteiger partial charge on any atom is -0.450 e. The van der Waals surface area contributed by atoms with Gasteiger partial charge in [-0.3, -0.25) is 14.8 Å². The molecule has 1 aliphatic heterocycles. The minimum atomic E-state index is -0.314. The maximum atomic E-state index is 12.1. The normalized spacial score (nSPS) is 13.6. The maximum Gasteiger partial charge on any atom is 0.410 e. The number of ether oxygens (including phenoxy) is 1. The fraction of sp³-hybridized carbons (Fsp3) is 0.429. The highest BCUT2D eigenvalue weighted by molar-refractivity contribution is 7.15. The summed E-state index contributed by atoms with van der Waals surface area (Å²) < 4.78 is 6.59. The molecule has 3 rings (SSSR count). The Hall–Kier alpha value is -2.42. The van der Waals surface area contributed by atoms with E-state index in [0.717, 1.165) is 10.6 Å². The summed E-state index contributed by atoms with van der Waals surface area (Å²) in [6.45, 7) is 3.18. The van der Waals surface area contributed by atoms with Crippen molar-refractivity contribution in [3.05, 3.63) is 28.5 Å². The van der Waals surface area contributed by atoms with Gasteiger partial charge in [0.1, 0.15) is 0 Å². The zero-order chi connectivity index (χ0) is 16.4. The molecule has 3 heterocycles. The van der Waals surface area contributed by atoms with Crippen molar-refractivity contribution in [2.24, 2.45) is 7.05 Å². The lowest BCUT2D eigenvalue weighted by molar-refractivity contribution is 0.101. The predicted molar refractivity (Wildman–Crippen MR) is 84.4 cm³/mol. The van der Waals surface area contributed by atoms with Gasteiger partial charge in [-0.1, -0.05) is 11.3 Å². The molecule has 1 N–H and O–H groups in total. The molecule has 2 amide bonds. The highest BCUT2D eigenvalue weighted by Gasteiger charge is 2.25. The molecule has 0 bridgehead atoms. The minimum absolute atomic E-state index is 0.293. The Labute approximate surface area is 137 Å². The Morgan fingerprint density at radius 3 is 3.00 bits per heavy atom. The molecule has 0 atom stereocenters. The van der Waals surface area contributed by atoms with Crippen LogP contribution in [0.4, 0.5) is 9.93 Å². The van der Waals surface area contributed by atoms with Crippen LogP contribution in [0.3, 0.4) is 0 Å². The number of rotatable bonds is 3. The number of thiazole rings is 1. The van der Waals surface area contributed by atoms with E-state index < -0.39 is 0 Å². The Morgan fingerprint density at radius 2 is 2.30 bits per heavy atom. The van der Waals surface area contributed by atoms with E-state index in [1.165, 1.54) is 11.3 Å². The molecule has 0 fully saturated rings. The highest BCUT2D eigenvalue weighted by atomic mass is 32.1. The van der Waals surface area contributed by atoms with E-state index in [9.17, 15) is 9.59 Å². The Morgan fingerprint density at radius 1 is 1.48 bits per heavy atom. The topological polar surface area (TPSA) is 89.4 Å². The third-order valence-electron chi connectivity index (χ3n) is 3.42. The number of nitrogens with zero attached hydrogens (tertiary/aromatic N) is 4. The van der Waals surface area contributed by atoms with Crippen LogP contribution in [0.5, 0.6) is 0 Å². The lowest BCUT2D eigenvalue weighted by Crippen LogP contribution is -2.35. The van der Waals surface area contributed by atoms with E-state index in [1.807, 2.05) is 0 Å². The lowest BCUT2D eigenvalue weighted by atomic mass is 10.2. The van der Waals surface area contributed by atoms with Gasteiger partial charge in [-0.25, -0.2) is 9.78 Å². The first-order valence-electron chi connectivity index (χ1n) is 7.28. The van der Waals surface area contributed by atoms with Crippen LogP contribution in [0.2, 0.25) is 0 Å². The first-order chi connectivity index (χ1) is 11.1. The van der Waals surface area contributed by atoms with Gasteiger partial charge < -0.3 is 9.64 Å². The fourth-order valence-electron chi connectivity index (χ4n) is 2.32. The largest absolute Gasteiger partial charge is 0.450 e. The van der Waals surface area contributed by atoms with Crippen LogP contribution in [0.25, 0.3) is 0 Å². The van der Waals surface area contributed by atoms with Gasteiger partial charge in [0.15, 0.2) is 10.8 Å². The van der Waals surface area contributed by atoms with Crippen molar-refractivity contribution < 1.29 is 14.3 Å². The number of carbonyl (C=O) groups is 2. The highest BCUT2D eigenvalue weighted by Crippen LogP contribution is 2.28. The van der Waals surface area contributed by atoms with Gasteiger partial charge >= 0.3 is 6.09 Å². The average Bonchev–Trinajstić information content (AvgIpc) is 3.12. The molecular weight excluding hydrogens is 318 g/mol. The molecule has 0 saturated carbocycles. The number of aryl methyl sites for hydroxylation is 1. The second-order valence-electron chi connectivity index (χ2n) is 5.09. The molecular formula is C14H17N5O3S. The molecule has 0 aromatic carbocycles. The SMILES string of the molecule is CCOC(=O)N1CCc2nc(NC(=O)c3ccn(C)n3)sc2C1. The smallest absolute Gasteiger partial charge is 0.410 e. The van der Waals surface area contributed by atoms with Crippen LogP contribution >= 0.6 is 11.3 Å². The Kier molecular flexibility index (Phi) is 4.28. The van der Waals surface area contributed by atoms with Crippen LogP contribution in [0, 0.1) is 0 Å². The molecule has 0 radical (unpaired) electrons. The number of aromatic nitrogens is 3. The second kappa shape index (κ2) is 6.37. The van der Waals surface area contributed by atoms with Gasteiger partial charge in [0.05, 0.1) is 18.8 Å². The molecule has 23 heavy (non-hydrogen) atoms. The van der Waals surface area contributed by atoms with E-state index in [1.54, 1.807) is 35.8 Å². The monoisotopic (exact) mass is 335 g/mol. The van der Waals surface area contributed by atoms with Crippen molar-refractivity contribution in [1.29, 1.82) is 0 Å². The van der Waals surface area contributed by atoms with Crippen molar-refractivity contribution >= 4 is 28.5 Å². The van der Waals surface area contributed by atoms with Gasteiger partial charge in [-0.05, 0) is 13.0 Å². The molecule has 2 aromatic heterocycles. The standard InChI is InChI=1S/C14H17N5O3S/c1-3-22-14(21)19-7-5-9-11(8-19)23-13(15-9)16-12(20)10-4-6-18(2)17-10/h4,6H,3,5,7-8H2,1-2H3,(H,15,16,20). The second-order valence-corrected chi connectivity index (χ2v) is 6.17. The summed E-state index contributed by atoms with van der Waals surface area (Å²) in [5.74, 6) is -0.293. The van der Waals surface area contributed by atoms with Gasteiger partial charge in [0.2, 0.25) is 0 Å².